The molecule has 2 fully saturated rings. The summed E-state index contributed by atoms with van der Waals surface area (Å²) in [4.78, 5) is 24.5. The fourth-order valence-corrected chi connectivity index (χ4v) is 5.37. The summed E-state index contributed by atoms with van der Waals surface area (Å²) >= 11 is 0. The van der Waals surface area contributed by atoms with Gasteiger partial charge >= 0.3 is 0 Å². The van der Waals surface area contributed by atoms with Crippen molar-refractivity contribution in [3.8, 4) is 11.3 Å². The minimum atomic E-state index is 0.274. The number of aromatic nitrogens is 6. The molecule has 1 aromatic carbocycles. The summed E-state index contributed by atoms with van der Waals surface area (Å²) < 4.78 is 2.14. The molecule has 0 amide bonds. The number of rotatable bonds is 4. The molecular weight excluding hydrogens is 402 g/mol. The van der Waals surface area contributed by atoms with Gasteiger partial charge in [0.2, 0.25) is 5.95 Å². The third-order valence-corrected chi connectivity index (χ3v) is 6.83. The van der Waals surface area contributed by atoms with Crippen LogP contribution in [0.15, 0.2) is 30.9 Å². The second-order valence-corrected chi connectivity index (χ2v) is 8.52. The van der Waals surface area contributed by atoms with Crippen molar-refractivity contribution >= 4 is 28.1 Å². The number of aliphatic hydroxyl groups is 1. The lowest BCUT2D eigenvalue weighted by Gasteiger charge is -2.38. The third kappa shape index (κ3) is 3.33. The van der Waals surface area contributed by atoms with Crippen LogP contribution in [0, 0.1) is 5.92 Å². The Kier molecular flexibility index (Phi) is 5.55. The first-order valence-electron chi connectivity index (χ1n) is 11.8. The SMILES string of the molecule is CC.CCn1cnc2cc(-c3nc(N4C5CCC4CC(CO)C5)nc4nc[nH]c34)ccc21. The Morgan fingerprint density at radius 2 is 1.88 bits per heavy atom. The highest BCUT2D eigenvalue weighted by atomic mass is 16.3. The van der Waals surface area contributed by atoms with Gasteiger partial charge in [-0.3, -0.25) is 0 Å². The number of H-pyrrole nitrogens is 1. The maximum atomic E-state index is 9.65. The van der Waals surface area contributed by atoms with Crippen LogP contribution in [0.2, 0.25) is 0 Å². The molecule has 2 unspecified atom stereocenters. The predicted molar refractivity (Wildman–Crippen MR) is 127 cm³/mol. The number of nitrogens with zero attached hydrogens (tertiary/aromatic N) is 6. The molecule has 2 N–H and O–H groups in total. The Balaban J connectivity index is 0.00000105. The number of aliphatic hydroxyl groups excluding tert-OH is 1. The highest BCUT2D eigenvalue weighted by molar-refractivity contribution is 5.91. The van der Waals surface area contributed by atoms with Crippen molar-refractivity contribution in [3.05, 3.63) is 30.9 Å². The quantitative estimate of drug-likeness (QED) is 0.502. The summed E-state index contributed by atoms with van der Waals surface area (Å²) in [6, 6.07) is 7.11. The lowest BCUT2D eigenvalue weighted by Crippen LogP contribution is -2.44. The number of hydrogen-bond acceptors (Lipinski definition) is 6. The Hall–Kier alpha value is -3.00. The summed E-state index contributed by atoms with van der Waals surface area (Å²) in [6.45, 7) is 7.29. The summed E-state index contributed by atoms with van der Waals surface area (Å²) in [6.07, 6.45) is 7.85. The van der Waals surface area contributed by atoms with Gasteiger partial charge in [-0.15, -0.1) is 0 Å². The Bertz CT molecular complexity index is 1220. The van der Waals surface area contributed by atoms with E-state index in [-0.39, 0.29) is 6.61 Å². The maximum Gasteiger partial charge on any atom is 0.228 e. The van der Waals surface area contributed by atoms with E-state index in [2.05, 4.69) is 49.5 Å². The zero-order chi connectivity index (χ0) is 22.2. The topological polar surface area (TPSA) is 95.8 Å². The molecule has 3 aromatic heterocycles. The first kappa shape index (κ1) is 20.9. The molecule has 2 saturated heterocycles. The molecule has 168 valence electrons. The average molecular weight is 434 g/mol. The summed E-state index contributed by atoms with van der Waals surface area (Å²) in [7, 11) is 0. The number of hydrogen-bond donors (Lipinski definition) is 2. The van der Waals surface area contributed by atoms with Gasteiger partial charge in [-0.2, -0.15) is 4.98 Å². The van der Waals surface area contributed by atoms with Gasteiger partial charge in [0, 0.05) is 30.8 Å². The van der Waals surface area contributed by atoms with Crippen molar-refractivity contribution < 1.29 is 5.11 Å². The van der Waals surface area contributed by atoms with E-state index >= 15 is 0 Å². The highest BCUT2D eigenvalue weighted by Gasteiger charge is 2.42. The van der Waals surface area contributed by atoms with Crippen molar-refractivity contribution in [2.24, 2.45) is 5.92 Å². The zero-order valence-electron chi connectivity index (χ0n) is 19.0. The van der Waals surface area contributed by atoms with Gasteiger partial charge in [0.05, 0.1) is 23.7 Å². The molecule has 5 heterocycles. The number of fused-ring (bicyclic) bond motifs is 4. The average Bonchev–Trinajstić information content (AvgIpc) is 3.54. The molecule has 0 spiro atoms. The number of aromatic amines is 1. The molecule has 2 atom stereocenters. The smallest absolute Gasteiger partial charge is 0.228 e. The van der Waals surface area contributed by atoms with Gasteiger partial charge in [0.15, 0.2) is 5.65 Å². The van der Waals surface area contributed by atoms with Crippen LogP contribution in [0.1, 0.15) is 46.5 Å². The van der Waals surface area contributed by atoms with Crippen molar-refractivity contribution in [3.63, 3.8) is 0 Å². The molecule has 0 aliphatic carbocycles. The highest BCUT2D eigenvalue weighted by Crippen LogP contribution is 2.41. The van der Waals surface area contributed by atoms with Crippen molar-refractivity contribution in [1.29, 1.82) is 0 Å². The fraction of sp³-hybridized carbons (Fsp3) is 0.500. The van der Waals surface area contributed by atoms with Crippen LogP contribution >= 0.6 is 0 Å². The maximum absolute atomic E-state index is 9.65. The van der Waals surface area contributed by atoms with E-state index in [0.717, 1.165) is 66.0 Å². The molecule has 8 nitrogen and oxygen atoms in total. The van der Waals surface area contributed by atoms with Gasteiger partial charge in [-0.1, -0.05) is 19.9 Å². The van der Waals surface area contributed by atoms with Crippen molar-refractivity contribution in [1.82, 2.24) is 29.5 Å². The minimum Gasteiger partial charge on any atom is -0.396 e. The largest absolute Gasteiger partial charge is 0.396 e. The van der Waals surface area contributed by atoms with Crippen molar-refractivity contribution in [2.45, 2.75) is 65.1 Å². The zero-order valence-corrected chi connectivity index (χ0v) is 19.0. The summed E-state index contributed by atoms with van der Waals surface area (Å²) in [5.74, 6) is 1.15. The van der Waals surface area contributed by atoms with Gasteiger partial charge in [-0.25, -0.2) is 15.0 Å². The van der Waals surface area contributed by atoms with Crippen LogP contribution < -0.4 is 4.90 Å². The number of nitrogens with one attached hydrogen (secondary N) is 1. The van der Waals surface area contributed by atoms with E-state index in [9.17, 15) is 5.11 Å². The third-order valence-electron chi connectivity index (χ3n) is 6.83. The minimum absolute atomic E-state index is 0.274. The van der Waals surface area contributed by atoms with E-state index in [1.54, 1.807) is 6.33 Å². The molecule has 2 bridgehead atoms. The second-order valence-electron chi connectivity index (χ2n) is 8.52. The second kappa shape index (κ2) is 8.50. The predicted octanol–water partition coefficient (Wildman–Crippen LogP) is 4.16. The lowest BCUT2D eigenvalue weighted by molar-refractivity contribution is 0.185. The van der Waals surface area contributed by atoms with Crippen LogP contribution in [-0.2, 0) is 6.54 Å². The van der Waals surface area contributed by atoms with Crippen LogP contribution in [0.5, 0.6) is 0 Å². The lowest BCUT2D eigenvalue weighted by atomic mass is 9.92. The molecule has 2 aliphatic heterocycles. The molecule has 4 aromatic rings. The Morgan fingerprint density at radius 1 is 1.09 bits per heavy atom. The molecule has 8 heteroatoms. The van der Waals surface area contributed by atoms with E-state index in [1.165, 1.54) is 0 Å². The van der Waals surface area contributed by atoms with Gasteiger partial charge < -0.3 is 19.6 Å². The van der Waals surface area contributed by atoms with E-state index in [0.29, 0.717) is 23.6 Å². The first-order valence-corrected chi connectivity index (χ1v) is 11.8. The Morgan fingerprint density at radius 3 is 2.59 bits per heavy atom. The van der Waals surface area contributed by atoms with E-state index < -0.39 is 0 Å². The molecule has 32 heavy (non-hydrogen) atoms. The van der Waals surface area contributed by atoms with E-state index in [1.807, 2.05) is 20.2 Å². The van der Waals surface area contributed by atoms with Gasteiger partial charge in [0.25, 0.3) is 0 Å². The number of imidazole rings is 2. The molecule has 2 aliphatic rings. The van der Waals surface area contributed by atoms with Crippen LogP contribution in [0.25, 0.3) is 33.5 Å². The fourth-order valence-electron chi connectivity index (χ4n) is 5.37. The van der Waals surface area contributed by atoms with E-state index in [4.69, 9.17) is 9.97 Å². The number of piperidine rings is 1. The molecule has 0 saturated carbocycles. The molecule has 6 rings (SSSR count). The molecular formula is C24H31N7O. The summed E-state index contributed by atoms with van der Waals surface area (Å²) in [5.41, 5.74) is 5.51. The monoisotopic (exact) mass is 433 g/mol. The van der Waals surface area contributed by atoms with Gasteiger partial charge in [0.1, 0.15) is 11.2 Å². The van der Waals surface area contributed by atoms with Crippen LogP contribution in [0.3, 0.4) is 0 Å². The number of anilines is 1. The molecule has 0 radical (unpaired) electrons. The number of benzene rings is 1. The van der Waals surface area contributed by atoms with Crippen LogP contribution in [-0.4, -0.2) is 53.3 Å². The Labute approximate surface area is 187 Å². The van der Waals surface area contributed by atoms with Crippen molar-refractivity contribution in [2.75, 3.05) is 11.5 Å². The van der Waals surface area contributed by atoms with Gasteiger partial charge in [-0.05, 0) is 50.7 Å². The number of aryl methyl sites for hydroxylation is 1. The first-order chi connectivity index (χ1) is 15.7. The van der Waals surface area contributed by atoms with Crippen LogP contribution in [0.4, 0.5) is 5.95 Å². The normalized spacial score (nSPS) is 22.4. The summed E-state index contributed by atoms with van der Waals surface area (Å²) in [5, 5.41) is 9.65. The standard InChI is InChI=1S/C22H25N7O.C2H6/c1-2-28-12-25-17-9-14(3-6-18(17)28)19-20-21(24-11-23-20)27-22(26-19)29-15-4-5-16(29)8-13(7-15)10-30;1-2/h3,6,9,11-13,15-16,30H,2,4-5,7-8,10H2,1H3,(H,23,24,26,27);1-2H3.